The van der Waals surface area contributed by atoms with Crippen molar-refractivity contribution in [2.45, 2.75) is 53.8 Å². The maximum absolute atomic E-state index is 6.32. The number of hydrogen-bond donors (Lipinski definition) is 0. The summed E-state index contributed by atoms with van der Waals surface area (Å²) in [6.45, 7) is 16.6. The molecule has 3 heterocycles. The van der Waals surface area contributed by atoms with Crippen LogP contribution in [-0.4, -0.2) is 28.8 Å². The quantitative estimate of drug-likeness (QED) is 0.520. The van der Waals surface area contributed by atoms with E-state index in [1.165, 1.54) is 0 Å². The Balaban J connectivity index is 2.03. The average molecular weight is 389 g/mol. The fourth-order valence-corrected chi connectivity index (χ4v) is 4.42. The van der Waals surface area contributed by atoms with E-state index in [0.29, 0.717) is 11.8 Å². The van der Waals surface area contributed by atoms with Crippen LogP contribution >= 0.6 is 0 Å². The van der Waals surface area contributed by atoms with Gasteiger partial charge in [0.2, 0.25) is 5.71 Å². The molecule has 1 atom stereocenters. The van der Waals surface area contributed by atoms with Crippen molar-refractivity contribution in [1.82, 2.24) is 9.88 Å². The van der Waals surface area contributed by atoms with Gasteiger partial charge in [0.05, 0.1) is 11.4 Å². The Hall–Kier alpha value is -3.08. The summed E-state index contributed by atoms with van der Waals surface area (Å²) in [7, 11) is 0. The number of aliphatic imine (C=N–C) groups is 1. The molecule has 0 aliphatic carbocycles. The molecule has 5 heteroatoms. The van der Waals surface area contributed by atoms with E-state index in [-0.39, 0.29) is 6.17 Å². The predicted molar refractivity (Wildman–Crippen MR) is 121 cm³/mol. The summed E-state index contributed by atoms with van der Waals surface area (Å²) in [5.74, 6) is 0.851. The molecule has 0 amide bonds. The summed E-state index contributed by atoms with van der Waals surface area (Å²) >= 11 is 0. The van der Waals surface area contributed by atoms with E-state index in [9.17, 15) is 0 Å². The van der Waals surface area contributed by atoms with Crippen LogP contribution in [0.5, 0.6) is 0 Å². The number of pyridine rings is 1. The zero-order valence-electron chi connectivity index (χ0n) is 18.0. The molecule has 29 heavy (non-hydrogen) atoms. The van der Waals surface area contributed by atoms with Gasteiger partial charge in [0.15, 0.2) is 11.4 Å². The number of rotatable bonds is 4. The molecule has 0 radical (unpaired) electrons. The lowest BCUT2D eigenvalue weighted by Gasteiger charge is -2.34. The van der Waals surface area contributed by atoms with E-state index in [4.69, 9.17) is 4.42 Å². The molecule has 4 rings (SSSR count). The van der Waals surface area contributed by atoms with Gasteiger partial charge < -0.3 is 14.2 Å². The zero-order chi connectivity index (χ0) is 20.9. The standard InChI is InChI=1S/C24H28N4O/c1-8-9-20-23(25-7)28(17(6)27(20)14(2)3)21-15(4)10-12-18-19-13-11-16(5)26-24(19)29-22(18)21/h8-14,17H,7H2,1-6H3/b9-8-/t17-/m0/s1. The topological polar surface area (TPSA) is 44.9 Å². The normalized spacial score (nSPS) is 17.7. The van der Waals surface area contributed by atoms with E-state index in [0.717, 1.165) is 44.8 Å². The van der Waals surface area contributed by atoms with Crippen molar-refractivity contribution in [3.05, 3.63) is 59.2 Å². The number of aryl methyl sites for hydroxylation is 2. The molecule has 3 aromatic rings. The Morgan fingerprint density at radius 3 is 2.55 bits per heavy atom. The van der Waals surface area contributed by atoms with Crippen LogP contribution in [0.3, 0.4) is 0 Å². The number of benzene rings is 1. The molecule has 0 N–H and O–H groups in total. The Kier molecular flexibility index (Phi) is 4.69. The second-order valence-electron chi connectivity index (χ2n) is 7.89. The molecule has 0 saturated carbocycles. The third kappa shape index (κ3) is 2.84. The van der Waals surface area contributed by atoms with Gasteiger partial charge in [-0.3, -0.25) is 0 Å². The van der Waals surface area contributed by atoms with Crippen LogP contribution in [0.15, 0.2) is 57.3 Å². The van der Waals surface area contributed by atoms with Crippen LogP contribution in [0.25, 0.3) is 22.1 Å². The lowest BCUT2D eigenvalue weighted by molar-refractivity contribution is 0.249. The lowest BCUT2D eigenvalue weighted by Crippen LogP contribution is -2.41. The maximum atomic E-state index is 6.32. The maximum Gasteiger partial charge on any atom is 0.227 e. The average Bonchev–Trinajstić information content (AvgIpc) is 3.16. The molecule has 0 spiro atoms. The monoisotopic (exact) mass is 388 g/mol. The molecular formula is C24H28N4O. The summed E-state index contributed by atoms with van der Waals surface area (Å²) in [5, 5.41) is 2.10. The highest BCUT2D eigenvalue weighted by Gasteiger charge is 2.38. The first kappa shape index (κ1) is 19.2. The molecule has 2 aromatic heterocycles. The number of hydrogen-bond acceptors (Lipinski definition) is 5. The van der Waals surface area contributed by atoms with E-state index in [1.54, 1.807) is 0 Å². The van der Waals surface area contributed by atoms with Gasteiger partial charge in [0.1, 0.15) is 6.17 Å². The Morgan fingerprint density at radius 1 is 1.17 bits per heavy atom. The van der Waals surface area contributed by atoms with Crippen LogP contribution in [0, 0.1) is 13.8 Å². The van der Waals surface area contributed by atoms with Gasteiger partial charge in [0, 0.05) is 22.5 Å². The second-order valence-corrected chi connectivity index (χ2v) is 7.89. The number of fused-ring (bicyclic) bond motifs is 3. The van der Waals surface area contributed by atoms with E-state index < -0.39 is 0 Å². The summed E-state index contributed by atoms with van der Waals surface area (Å²) in [6, 6.07) is 8.70. The third-order valence-electron chi connectivity index (χ3n) is 5.60. The highest BCUT2D eigenvalue weighted by atomic mass is 16.3. The van der Waals surface area contributed by atoms with Crippen molar-refractivity contribution >= 4 is 34.5 Å². The molecule has 0 unspecified atom stereocenters. The van der Waals surface area contributed by atoms with Gasteiger partial charge >= 0.3 is 0 Å². The molecule has 1 aliphatic rings. The van der Waals surface area contributed by atoms with Crippen molar-refractivity contribution in [2.24, 2.45) is 4.99 Å². The van der Waals surface area contributed by atoms with Crippen molar-refractivity contribution in [3.63, 3.8) is 0 Å². The molecular weight excluding hydrogens is 360 g/mol. The Labute approximate surface area is 172 Å². The van der Waals surface area contributed by atoms with Gasteiger partial charge in [-0.2, -0.15) is 0 Å². The van der Waals surface area contributed by atoms with Gasteiger partial charge in [-0.1, -0.05) is 18.2 Å². The highest BCUT2D eigenvalue weighted by Crippen LogP contribution is 2.43. The number of furan rings is 1. The highest BCUT2D eigenvalue weighted by molar-refractivity contribution is 6.09. The fraction of sp³-hybridized carbons (Fsp3) is 0.333. The number of anilines is 1. The molecule has 0 fully saturated rings. The van der Waals surface area contributed by atoms with Crippen LogP contribution in [0.4, 0.5) is 5.69 Å². The van der Waals surface area contributed by atoms with E-state index in [2.05, 4.69) is 78.5 Å². The van der Waals surface area contributed by atoms with Crippen molar-refractivity contribution < 1.29 is 4.42 Å². The number of allylic oxidation sites excluding steroid dienone is 2. The smallest absolute Gasteiger partial charge is 0.227 e. The minimum Gasteiger partial charge on any atom is -0.435 e. The minimum atomic E-state index is 0.0777. The van der Waals surface area contributed by atoms with Crippen LogP contribution in [0.1, 0.15) is 39.0 Å². The fourth-order valence-electron chi connectivity index (χ4n) is 4.42. The molecule has 1 aliphatic heterocycles. The molecule has 0 saturated heterocycles. The largest absolute Gasteiger partial charge is 0.435 e. The van der Waals surface area contributed by atoms with Gasteiger partial charge in [-0.05, 0) is 72.0 Å². The lowest BCUT2D eigenvalue weighted by atomic mass is 10.1. The summed E-state index contributed by atoms with van der Waals surface area (Å²) in [5.41, 5.74) is 5.69. The van der Waals surface area contributed by atoms with E-state index >= 15 is 0 Å². The molecule has 150 valence electrons. The Morgan fingerprint density at radius 2 is 1.90 bits per heavy atom. The second kappa shape index (κ2) is 7.07. The molecule has 5 nitrogen and oxygen atoms in total. The van der Waals surface area contributed by atoms with Gasteiger partial charge in [0.25, 0.3) is 0 Å². The van der Waals surface area contributed by atoms with Gasteiger partial charge in [-0.15, -0.1) is 0 Å². The number of nitrogens with zero attached hydrogens (tertiary/aromatic N) is 4. The van der Waals surface area contributed by atoms with Gasteiger partial charge in [-0.25, -0.2) is 9.98 Å². The molecule has 1 aromatic carbocycles. The number of aromatic nitrogens is 1. The first-order valence-electron chi connectivity index (χ1n) is 10.1. The van der Waals surface area contributed by atoms with Crippen molar-refractivity contribution in [1.29, 1.82) is 0 Å². The summed E-state index contributed by atoms with van der Waals surface area (Å²) < 4.78 is 6.32. The molecule has 0 bridgehead atoms. The minimum absolute atomic E-state index is 0.0777. The first-order valence-corrected chi connectivity index (χ1v) is 10.1. The first-order chi connectivity index (χ1) is 13.9. The summed E-state index contributed by atoms with van der Waals surface area (Å²) in [4.78, 5) is 13.7. The van der Waals surface area contributed by atoms with Crippen LogP contribution in [0.2, 0.25) is 0 Å². The van der Waals surface area contributed by atoms with Crippen LogP contribution in [-0.2, 0) is 0 Å². The SMILES string of the molecule is C=NC1=C(/C=C\C)N(C(C)C)[C@H](C)N1c1c(C)ccc2c1oc1nc(C)ccc12. The van der Waals surface area contributed by atoms with Crippen molar-refractivity contribution in [3.8, 4) is 0 Å². The Bertz CT molecular complexity index is 1170. The third-order valence-corrected chi connectivity index (χ3v) is 5.60. The zero-order valence-corrected chi connectivity index (χ0v) is 18.0. The summed E-state index contributed by atoms with van der Waals surface area (Å²) in [6.07, 6.45) is 4.24. The van der Waals surface area contributed by atoms with Crippen molar-refractivity contribution in [2.75, 3.05) is 4.90 Å². The van der Waals surface area contributed by atoms with E-state index in [1.807, 2.05) is 26.0 Å². The predicted octanol–water partition coefficient (Wildman–Crippen LogP) is 5.92. The van der Waals surface area contributed by atoms with Crippen LogP contribution < -0.4 is 4.90 Å².